The van der Waals surface area contributed by atoms with Gasteiger partial charge in [0.1, 0.15) is 5.78 Å². The Morgan fingerprint density at radius 2 is 1.52 bits per heavy atom. The van der Waals surface area contributed by atoms with Crippen LogP contribution in [0, 0.1) is 0 Å². The van der Waals surface area contributed by atoms with Crippen LogP contribution in [0.3, 0.4) is 0 Å². The van der Waals surface area contributed by atoms with Gasteiger partial charge in [0.05, 0.1) is 11.2 Å². The summed E-state index contributed by atoms with van der Waals surface area (Å²) in [7, 11) is 0. The Labute approximate surface area is 144 Å². The van der Waals surface area contributed by atoms with Gasteiger partial charge in [0.2, 0.25) is 12.8 Å². The molecule has 136 valence electrons. The summed E-state index contributed by atoms with van der Waals surface area (Å²) in [4.78, 5) is 52.8. The number of amides is 3. The lowest BCUT2D eigenvalue weighted by atomic mass is 10.0. The highest BCUT2D eigenvalue weighted by Gasteiger charge is 2.14. The number of hydrogen-bond donors (Lipinski definition) is 3. The lowest BCUT2D eigenvalue weighted by molar-refractivity contribution is -0.132. The number of benzene rings is 1. The Morgan fingerprint density at radius 1 is 1.08 bits per heavy atom. The molecule has 0 radical (unpaired) electrons. The quantitative estimate of drug-likeness (QED) is 0.476. The molecule has 0 aliphatic rings. The largest absolute Gasteiger partial charge is 0.478 e. The summed E-state index contributed by atoms with van der Waals surface area (Å²) >= 11 is 0. The fourth-order valence-corrected chi connectivity index (χ4v) is 1.63. The van der Waals surface area contributed by atoms with E-state index in [9.17, 15) is 24.0 Å². The standard InChI is InChI=1S/C10H8N2O5.C6H12O2/c13-5-12(6-14)11-9(15)7-1-3-8(4-2-7)10(16)17;1-5(7)4-6(2,3)8/h1-6H,(H,11,15)(H,16,17);8H,4H2,1-3H3. The molecule has 0 unspecified atom stereocenters. The number of imide groups is 1. The second-order valence-corrected chi connectivity index (χ2v) is 5.63. The number of aliphatic hydroxyl groups is 1. The van der Waals surface area contributed by atoms with Crippen molar-refractivity contribution in [3.8, 4) is 0 Å². The fraction of sp³-hybridized carbons (Fsp3) is 0.312. The van der Waals surface area contributed by atoms with E-state index < -0.39 is 17.5 Å². The maximum Gasteiger partial charge on any atom is 0.335 e. The SMILES string of the molecule is CC(=O)CC(C)(C)O.O=CN(C=O)NC(=O)c1ccc(C(=O)O)cc1. The number of nitrogens with zero attached hydrogens (tertiary/aromatic N) is 1. The van der Waals surface area contributed by atoms with Crippen LogP contribution in [0.1, 0.15) is 47.9 Å². The Hall–Kier alpha value is -3.07. The Morgan fingerprint density at radius 3 is 1.80 bits per heavy atom. The normalized spacial score (nSPS) is 9.92. The third-order valence-corrected chi connectivity index (χ3v) is 2.53. The molecule has 0 aromatic heterocycles. The van der Waals surface area contributed by atoms with Gasteiger partial charge in [-0.25, -0.2) is 4.79 Å². The molecule has 1 aromatic carbocycles. The lowest BCUT2D eigenvalue weighted by Crippen LogP contribution is -2.40. The first kappa shape index (κ1) is 21.9. The molecule has 1 aromatic rings. The number of carboxylic acid groups (broad SMARTS) is 1. The zero-order valence-electron chi connectivity index (χ0n) is 14.1. The molecular weight excluding hydrogens is 332 g/mol. The molecule has 0 aliphatic carbocycles. The van der Waals surface area contributed by atoms with Crippen molar-refractivity contribution in [1.29, 1.82) is 0 Å². The number of nitrogens with one attached hydrogen (secondary N) is 1. The molecule has 3 N–H and O–H groups in total. The van der Waals surface area contributed by atoms with Gasteiger partial charge in [0, 0.05) is 12.0 Å². The summed E-state index contributed by atoms with van der Waals surface area (Å²) < 4.78 is 0. The molecule has 0 aliphatic heterocycles. The van der Waals surface area contributed by atoms with Crippen LogP contribution in [0.5, 0.6) is 0 Å². The molecule has 1 rings (SSSR count). The topological polar surface area (TPSA) is 141 Å². The van der Waals surface area contributed by atoms with Crippen molar-refractivity contribution >= 4 is 30.5 Å². The highest BCUT2D eigenvalue weighted by atomic mass is 16.4. The third-order valence-electron chi connectivity index (χ3n) is 2.53. The molecule has 25 heavy (non-hydrogen) atoms. The zero-order chi connectivity index (χ0) is 19.6. The summed E-state index contributed by atoms with van der Waals surface area (Å²) in [6.45, 7) is 4.71. The molecule has 9 heteroatoms. The number of carbonyl (C=O) groups excluding carboxylic acids is 4. The van der Waals surface area contributed by atoms with Crippen molar-refractivity contribution in [2.75, 3.05) is 0 Å². The van der Waals surface area contributed by atoms with Gasteiger partial charge in [0.15, 0.2) is 0 Å². The average Bonchev–Trinajstić information content (AvgIpc) is 2.50. The molecular formula is C16H20N2O7. The minimum atomic E-state index is -1.11. The molecule has 0 bridgehead atoms. The van der Waals surface area contributed by atoms with Crippen molar-refractivity contribution in [2.24, 2.45) is 0 Å². The monoisotopic (exact) mass is 352 g/mol. The van der Waals surface area contributed by atoms with Gasteiger partial charge in [-0.05, 0) is 45.0 Å². The molecule has 9 nitrogen and oxygen atoms in total. The van der Waals surface area contributed by atoms with Crippen LogP contribution >= 0.6 is 0 Å². The van der Waals surface area contributed by atoms with E-state index in [-0.39, 0.29) is 36.2 Å². The minimum Gasteiger partial charge on any atom is -0.478 e. The maximum absolute atomic E-state index is 11.4. The summed E-state index contributed by atoms with van der Waals surface area (Å²) in [5.41, 5.74) is 1.32. The summed E-state index contributed by atoms with van der Waals surface area (Å²) in [5.74, 6) is -1.78. The van der Waals surface area contributed by atoms with E-state index in [1.807, 2.05) is 5.43 Å². The van der Waals surface area contributed by atoms with Crippen molar-refractivity contribution in [3.63, 3.8) is 0 Å². The van der Waals surface area contributed by atoms with E-state index in [0.29, 0.717) is 5.01 Å². The highest BCUT2D eigenvalue weighted by molar-refractivity contribution is 5.96. The van der Waals surface area contributed by atoms with Crippen LogP contribution in [-0.4, -0.2) is 51.3 Å². The first-order chi connectivity index (χ1) is 11.5. The number of carboxylic acids is 1. The van der Waals surface area contributed by atoms with Crippen LogP contribution in [0.15, 0.2) is 24.3 Å². The van der Waals surface area contributed by atoms with Crippen molar-refractivity contribution in [1.82, 2.24) is 10.4 Å². The van der Waals surface area contributed by atoms with Crippen molar-refractivity contribution in [3.05, 3.63) is 35.4 Å². The molecule has 0 atom stereocenters. The lowest BCUT2D eigenvalue weighted by Gasteiger charge is -2.13. The summed E-state index contributed by atoms with van der Waals surface area (Å²) in [6.07, 6.45) is 0.514. The predicted octanol–water partition coefficient (Wildman–Crippen LogP) is 0.381. The molecule has 0 heterocycles. The van der Waals surface area contributed by atoms with Gasteiger partial charge in [-0.1, -0.05) is 0 Å². The second-order valence-electron chi connectivity index (χ2n) is 5.63. The van der Waals surface area contributed by atoms with E-state index in [1.165, 1.54) is 31.2 Å². The number of Topliss-reactive ketones (excluding diaryl/α,β-unsaturated/α-hetero) is 1. The van der Waals surface area contributed by atoms with Crippen LogP contribution < -0.4 is 5.43 Å². The average molecular weight is 352 g/mol. The van der Waals surface area contributed by atoms with Crippen LogP contribution in [0.4, 0.5) is 0 Å². The Bertz CT molecular complexity index is 625. The smallest absolute Gasteiger partial charge is 0.335 e. The highest BCUT2D eigenvalue weighted by Crippen LogP contribution is 2.06. The molecule has 0 spiro atoms. The number of aromatic carboxylic acids is 1. The number of carbonyl (C=O) groups is 5. The molecule has 0 fully saturated rings. The molecule has 0 saturated heterocycles. The van der Waals surface area contributed by atoms with Gasteiger partial charge in [-0.3, -0.25) is 24.6 Å². The summed E-state index contributed by atoms with van der Waals surface area (Å²) in [5, 5.41) is 18.0. The minimum absolute atomic E-state index is 0.0255. The van der Waals surface area contributed by atoms with E-state index >= 15 is 0 Å². The molecule has 0 saturated carbocycles. The second kappa shape index (κ2) is 9.93. The number of hydrazine groups is 1. The number of rotatable bonds is 7. The van der Waals surface area contributed by atoms with Crippen LogP contribution in [0.25, 0.3) is 0 Å². The first-order valence-electron chi connectivity index (χ1n) is 7.05. The van der Waals surface area contributed by atoms with Crippen molar-refractivity contribution in [2.45, 2.75) is 32.8 Å². The number of hydrogen-bond acceptors (Lipinski definition) is 6. The van der Waals surface area contributed by atoms with E-state index in [4.69, 9.17) is 10.2 Å². The maximum atomic E-state index is 11.4. The van der Waals surface area contributed by atoms with E-state index in [0.717, 1.165) is 0 Å². The molecule has 3 amide bonds. The van der Waals surface area contributed by atoms with Crippen LogP contribution in [-0.2, 0) is 14.4 Å². The predicted molar refractivity (Wildman–Crippen MR) is 86.4 cm³/mol. The zero-order valence-corrected chi connectivity index (χ0v) is 14.1. The fourth-order valence-electron chi connectivity index (χ4n) is 1.63. The Kier molecular flexibility index (Phi) is 8.71. The van der Waals surface area contributed by atoms with Gasteiger partial charge >= 0.3 is 5.97 Å². The van der Waals surface area contributed by atoms with Crippen molar-refractivity contribution < 1.29 is 34.2 Å². The van der Waals surface area contributed by atoms with Gasteiger partial charge in [0.25, 0.3) is 5.91 Å². The summed E-state index contributed by atoms with van der Waals surface area (Å²) in [6, 6.07) is 5.02. The van der Waals surface area contributed by atoms with Crippen LogP contribution in [0.2, 0.25) is 0 Å². The van der Waals surface area contributed by atoms with E-state index in [2.05, 4.69) is 0 Å². The van der Waals surface area contributed by atoms with Gasteiger partial charge in [-0.15, -0.1) is 0 Å². The number of ketones is 1. The van der Waals surface area contributed by atoms with E-state index in [1.54, 1.807) is 13.8 Å². The van der Waals surface area contributed by atoms with Gasteiger partial charge in [-0.2, -0.15) is 5.01 Å². The Balaban J connectivity index is 0.000000609. The third kappa shape index (κ3) is 9.61. The van der Waals surface area contributed by atoms with Gasteiger partial charge < -0.3 is 10.2 Å². The first-order valence-corrected chi connectivity index (χ1v) is 7.05.